The summed E-state index contributed by atoms with van der Waals surface area (Å²) in [4.78, 5) is 47.0. The molecule has 2 aliphatic heterocycles. The molecule has 0 amide bonds. The quantitative estimate of drug-likeness (QED) is 0.0156. The number of hydrogen-bond acceptors (Lipinski definition) is 18. The molecular formula is C106H126N4O8S8. The van der Waals surface area contributed by atoms with E-state index in [1.165, 1.54) is 243 Å². The predicted molar refractivity (Wildman–Crippen MR) is 535 cm³/mol. The van der Waals surface area contributed by atoms with Gasteiger partial charge in [-0.1, -0.05) is 307 Å². The first-order chi connectivity index (χ1) is 61.9. The number of benzene rings is 2. The Bertz CT molecular complexity index is 5650. The van der Waals surface area contributed by atoms with Gasteiger partial charge < -0.3 is 28.4 Å². The zero-order chi connectivity index (χ0) is 88.1. The third-order valence-corrected chi connectivity index (χ3v) is 36.9. The van der Waals surface area contributed by atoms with Crippen LogP contribution in [0.4, 0.5) is 0 Å². The van der Waals surface area contributed by atoms with Gasteiger partial charge in [0.05, 0.1) is 102 Å². The van der Waals surface area contributed by atoms with Gasteiger partial charge in [-0.25, -0.2) is 0 Å². The van der Waals surface area contributed by atoms with Gasteiger partial charge in [0, 0.05) is 48.0 Å². The maximum absolute atomic E-state index is 14.5. The van der Waals surface area contributed by atoms with Crippen LogP contribution in [0, 0.1) is 41.7 Å². The summed E-state index contributed by atoms with van der Waals surface area (Å²) < 4.78 is 48.9. The van der Waals surface area contributed by atoms with Crippen LogP contribution in [0.5, 0.6) is 34.5 Å². The highest BCUT2D eigenvalue weighted by molar-refractivity contribution is 7.37. The van der Waals surface area contributed by atoms with Crippen LogP contribution >= 0.6 is 90.7 Å². The first kappa shape index (κ1) is 94.3. The third kappa shape index (κ3) is 20.2. The lowest BCUT2D eigenvalue weighted by molar-refractivity contribution is 0.0406. The number of allylic oxidation sites excluding steroid dienone is 4. The van der Waals surface area contributed by atoms with Gasteiger partial charge in [0.1, 0.15) is 42.1 Å². The van der Waals surface area contributed by atoms with Crippen molar-refractivity contribution in [2.24, 2.45) is 5.92 Å². The molecule has 14 rings (SSSR count). The monoisotopic (exact) mass is 1840 g/mol. The fraction of sp³-hybridized carbons (Fsp3) is 0.528. The normalized spacial score (nSPS) is 14.8. The average molecular weight is 1840 g/mol. The van der Waals surface area contributed by atoms with Crippen LogP contribution in [0.15, 0.2) is 77.6 Å². The van der Waals surface area contributed by atoms with Crippen molar-refractivity contribution in [1.82, 2.24) is 0 Å². The molecule has 0 saturated carbocycles. The molecule has 0 bridgehead atoms. The highest BCUT2D eigenvalue weighted by atomic mass is 32.1. The zero-order valence-corrected chi connectivity index (χ0v) is 82.1. The molecule has 0 N–H and O–H groups in total. The van der Waals surface area contributed by atoms with Crippen molar-refractivity contribution in [2.75, 3.05) is 28.4 Å². The Kier molecular flexibility index (Phi) is 34.1. The van der Waals surface area contributed by atoms with E-state index in [1.54, 1.807) is 68.5 Å². The number of fused-ring (bicyclic) bond motifs is 13. The second-order valence-corrected chi connectivity index (χ2v) is 43.5. The van der Waals surface area contributed by atoms with E-state index in [4.69, 9.17) is 41.6 Å². The molecular weight excluding hydrogens is 1710 g/mol. The van der Waals surface area contributed by atoms with Crippen LogP contribution in [0.2, 0.25) is 0 Å². The molecule has 1 atom stereocenters. The molecule has 0 spiro atoms. The first-order valence-electron chi connectivity index (χ1n) is 47.5. The van der Waals surface area contributed by atoms with Gasteiger partial charge in [-0.05, 0) is 87.1 Å². The number of nitrogens with zero attached hydrogens (tertiary/aromatic N) is 4. The fourth-order valence-electron chi connectivity index (χ4n) is 19.9. The maximum Gasteiger partial charge on any atom is 0.523 e. The number of carbonyl (C=O) groups excluding carboxylic acids is 2. The molecule has 12 nitrogen and oxygen atoms in total. The highest BCUT2D eigenvalue weighted by Gasteiger charge is 2.50. The van der Waals surface area contributed by atoms with Gasteiger partial charge in [0.25, 0.3) is 0 Å². The molecule has 10 aromatic rings. The van der Waals surface area contributed by atoms with Crippen LogP contribution in [-0.2, 0) is 17.6 Å². The SMILES string of the molecule is [C-]#[N+]C([N+]#[C-])=C1c2ccccc2C(=O)C1Cc1sc2c(OC)c(-c3cc4c(s3)-c3sc5c6c(sc5c3OC4(CCCCCCCCCCCC)CCCCCCCCCCCC)-c3sc(-c4sc5c(OC)c(/C=C7\C(=O)c8ccccc8C7=C(C#N)C#N)sc5c4OC)cc3C(CCCCCCCCCCCC)(CCCCCCCCCCCC)O6)sc2c1OC. The number of ether oxygens (including phenoxy) is 6. The van der Waals surface area contributed by atoms with Crippen molar-refractivity contribution >= 4 is 148 Å². The van der Waals surface area contributed by atoms with E-state index < -0.39 is 17.1 Å². The minimum absolute atomic E-state index is 0.0693. The lowest BCUT2D eigenvalue weighted by atomic mass is 9.81. The summed E-state index contributed by atoms with van der Waals surface area (Å²) in [6, 6.07) is 23.8. The molecule has 0 fully saturated rings. The lowest BCUT2D eigenvalue weighted by Crippen LogP contribution is -2.35. The summed E-state index contributed by atoms with van der Waals surface area (Å²) in [5.74, 6) is 3.75. The molecule has 0 saturated heterocycles. The summed E-state index contributed by atoms with van der Waals surface area (Å²) >= 11 is 13.9. The Morgan fingerprint density at radius 2 is 0.762 bits per heavy atom. The number of ketones is 2. The molecule has 10 heterocycles. The average Bonchev–Trinajstić information content (AvgIpc) is 1.53. The van der Waals surface area contributed by atoms with Crippen molar-refractivity contribution in [3.63, 3.8) is 0 Å². The minimum Gasteiger partial charge on any atom is -0.494 e. The van der Waals surface area contributed by atoms with Crippen molar-refractivity contribution in [3.8, 4) is 85.7 Å². The van der Waals surface area contributed by atoms with E-state index >= 15 is 0 Å². The van der Waals surface area contributed by atoms with E-state index in [-0.39, 0.29) is 29.4 Å². The molecule has 0 radical (unpaired) electrons. The smallest absolute Gasteiger partial charge is 0.494 e. The van der Waals surface area contributed by atoms with Gasteiger partial charge in [0.2, 0.25) is 0 Å². The summed E-state index contributed by atoms with van der Waals surface area (Å²) in [6.07, 6.45) is 55.5. The molecule has 126 heavy (non-hydrogen) atoms. The molecule has 20 heteroatoms. The number of thiophene rings is 8. The van der Waals surface area contributed by atoms with Crippen LogP contribution < -0.4 is 28.4 Å². The zero-order valence-electron chi connectivity index (χ0n) is 75.6. The molecule has 666 valence electrons. The van der Waals surface area contributed by atoms with Gasteiger partial charge in [-0.3, -0.25) is 9.59 Å². The largest absolute Gasteiger partial charge is 0.523 e. The van der Waals surface area contributed by atoms with E-state index in [0.29, 0.717) is 55.3 Å². The summed E-state index contributed by atoms with van der Waals surface area (Å²) in [5, 5.41) is 20.6. The Morgan fingerprint density at radius 3 is 1.15 bits per heavy atom. The van der Waals surface area contributed by atoms with Crippen LogP contribution in [0.25, 0.3) is 94.1 Å². The Morgan fingerprint density at radius 1 is 0.413 bits per heavy atom. The van der Waals surface area contributed by atoms with Crippen molar-refractivity contribution in [1.29, 1.82) is 10.5 Å². The summed E-state index contributed by atoms with van der Waals surface area (Å²) in [5.41, 5.74) is 4.58. The van der Waals surface area contributed by atoms with Gasteiger partial charge in [-0.15, -0.1) is 90.7 Å². The van der Waals surface area contributed by atoms with Crippen LogP contribution in [0.1, 0.15) is 363 Å². The first-order valence-corrected chi connectivity index (χ1v) is 54.0. The fourth-order valence-corrected chi connectivity index (χ4v) is 31.0. The standard InChI is InChI=1S/C106H126N4O8S8/c1-11-15-19-23-27-31-35-39-43-51-59-105(60-52-44-40-36-32-28-24-20-16-12-2)76-65-80(94-88(115-9)98-96(123-94)86(113-7)78(119-98)63-74-82(69(67-107)68-108)70-55-47-49-57-72(70)84(74)111)121-92(76)100-90(117-105)102-103(125-100)91-101(126-102)93-77(106(118-91,61-53-45-41-37-33-29-25-21-17-13-3)62-54-46-42-38-34-30-26-22-18-14-4)66-81(122-93)95-89(116-10)99-97(124-95)87(114-8)79(120-99)64-75-83(104(109-5)110-6)71-56-48-50-58-73(71)85(75)112/h47-50,55-58,63,65-66,75H,11-46,51-54,59-62,64H2,1-4,7-10H3/b74-63-. The number of Topliss-reactive ketones (excluding diaryl/α,β-unsaturated/α-hetero) is 2. The Balaban J connectivity index is 0.898. The van der Waals surface area contributed by atoms with Crippen LogP contribution in [0.3, 0.4) is 0 Å². The van der Waals surface area contributed by atoms with Crippen molar-refractivity contribution in [2.45, 2.75) is 328 Å². The molecule has 8 aromatic heterocycles. The highest BCUT2D eigenvalue weighted by Crippen LogP contribution is 2.69. The van der Waals surface area contributed by atoms with Crippen molar-refractivity contribution in [3.05, 3.63) is 144 Å². The second-order valence-electron chi connectivity index (χ2n) is 35.1. The Hall–Kier alpha value is -7.86. The number of methoxy groups -OCH3 is 4. The van der Waals surface area contributed by atoms with E-state index in [0.717, 1.165) is 158 Å². The molecule has 4 aliphatic rings. The molecule has 2 aliphatic carbocycles. The van der Waals surface area contributed by atoms with Gasteiger partial charge >= 0.3 is 5.82 Å². The second kappa shape index (κ2) is 45.6. The topological polar surface area (TPSA) is 146 Å². The number of unbranched alkanes of at least 4 members (excludes halogenated alkanes) is 36. The number of rotatable bonds is 53. The Labute approximate surface area is 781 Å². The lowest BCUT2D eigenvalue weighted by Gasteiger charge is -2.39. The van der Waals surface area contributed by atoms with E-state index in [2.05, 4.69) is 61.7 Å². The number of hydrogen-bond donors (Lipinski definition) is 0. The third-order valence-electron chi connectivity index (χ3n) is 26.6. The van der Waals surface area contributed by atoms with Gasteiger partial charge in [-0.2, -0.15) is 20.2 Å². The molecule has 1 unspecified atom stereocenters. The number of carbonyl (C=O) groups is 2. The van der Waals surface area contributed by atoms with Crippen LogP contribution in [-0.4, -0.2) is 40.0 Å². The van der Waals surface area contributed by atoms with Gasteiger partial charge in [0.15, 0.2) is 46.1 Å². The summed E-state index contributed by atoms with van der Waals surface area (Å²) in [7, 11) is 6.93. The van der Waals surface area contributed by atoms with Crippen molar-refractivity contribution < 1.29 is 38.0 Å². The maximum atomic E-state index is 14.5. The number of nitriles is 2. The minimum atomic E-state index is -0.709. The van der Waals surface area contributed by atoms with E-state index in [1.807, 2.05) is 93.9 Å². The predicted octanol–water partition coefficient (Wildman–Crippen LogP) is 35.4. The van der Waals surface area contributed by atoms with E-state index in [9.17, 15) is 20.1 Å². The summed E-state index contributed by atoms with van der Waals surface area (Å²) in [6.45, 7) is 25.3. The molecule has 2 aromatic carbocycles.